The van der Waals surface area contributed by atoms with Gasteiger partial charge in [0.25, 0.3) is 5.91 Å². The second-order valence-electron chi connectivity index (χ2n) is 6.00. The molecule has 1 aliphatic heterocycles. The Morgan fingerprint density at radius 2 is 1.86 bits per heavy atom. The first kappa shape index (κ1) is 15.1. The second kappa shape index (κ2) is 6.52. The van der Waals surface area contributed by atoms with E-state index in [0.717, 1.165) is 45.1 Å². The quantitative estimate of drug-likeness (QED) is 0.904. The number of hydrogen-bond donors (Lipinski definition) is 1. The molecule has 0 unspecified atom stereocenters. The average molecular weight is 307 g/mol. The third kappa shape index (κ3) is 3.16. The lowest BCUT2D eigenvalue weighted by atomic mass is 10.1. The van der Waals surface area contributed by atoms with Gasteiger partial charge in [-0.1, -0.05) is 12.8 Å². The second-order valence-corrected chi connectivity index (χ2v) is 6.00. The van der Waals surface area contributed by atoms with Gasteiger partial charge in [-0.25, -0.2) is 4.79 Å². The minimum Gasteiger partial charge on any atom is -0.475 e. The zero-order valence-corrected chi connectivity index (χ0v) is 12.5. The molecule has 0 radical (unpaired) electrons. The van der Waals surface area contributed by atoms with Gasteiger partial charge in [0.1, 0.15) is 0 Å². The molecule has 1 saturated carbocycles. The molecule has 0 aromatic carbocycles. The van der Waals surface area contributed by atoms with Crippen LogP contribution in [0.3, 0.4) is 0 Å². The number of carbonyl (C=O) groups is 2. The molecular weight excluding hydrogens is 286 g/mol. The standard InChI is InChI=1S/C16H21NO5/c18-15(13-7-8-14(22-13)16(19)20)17(11-4-1-2-5-11)10-12-6-3-9-21-12/h7-8,11-12H,1-6,9-10H2,(H,19,20)/t12-/m1/s1. The van der Waals surface area contributed by atoms with Crippen molar-refractivity contribution in [1.82, 2.24) is 4.90 Å². The van der Waals surface area contributed by atoms with Crippen molar-refractivity contribution in [3.63, 3.8) is 0 Å². The van der Waals surface area contributed by atoms with Crippen molar-refractivity contribution in [2.75, 3.05) is 13.2 Å². The molecule has 22 heavy (non-hydrogen) atoms. The van der Waals surface area contributed by atoms with E-state index >= 15 is 0 Å². The maximum atomic E-state index is 12.7. The van der Waals surface area contributed by atoms with E-state index in [2.05, 4.69) is 0 Å². The molecule has 3 rings (SSSR count). The molecule has 1 aliphatic carbocycles. The van der Waals surface area contributed by atoms with Gasteiger partial charge in [-0.2, -0.15) is 0 Å². The minimum atomic E-state index is -1.16. The van der Waals surface area contributed by atoms with E-state index in [1.165, 1.54) is 12.1 Å². The molecule has 0 bridgehead atoms. The molecule has 1 N–H and O–H groups in total. The van der Waals surface area contributed by atoms with Crippen molar-refractivity contribution in [1.29, 1.82) is 0 Å². The van der Waals surface area contributed by atoms with Gasteiger partial charge < -0.3 is 19.2 Å². The number of aromatic carboxylic acids is 1. The third-order valence-electron chi connectivity index (χ3n) is 4.48. The van der Waals surface area contributed by atoms with Crippen molar-refractivity contribution in [2.24, 2.45) is 0 Å². The van der Waals surface area contributed by atoms with Crippen LogP contribution in [0, 0.1) is 0 Å². The Hall–Kier alpha value is -1.82. The van der Waals surface area contributed by atoms with Crippen molar-refractivity contribution < 1.29 is 23.8 Å². The Bertz CT molecular complexity index is 540. The number of furan rings is 1. The van der Waals surface area contributed by atoms with Gasteiger partial charge in [-0.3, -0.25) is 4.79 Å². The van der Waals surface area contributed by atoms with Gasteiger partial charge in [0, 0.05) is 19.2 Å². The highest BCUT2D eigenvalue weighted by molar-refractivity contribution is 5.93. The molecule has 1 aromatic rings. The lowest BCUT2D eigenvalue weighted by Crippen LogP contribution is -2.43. The Kier molecular flexibility index (Phi) is 4.47. The van der Waals surface area contributed by atoms with Crippen LogP contribution >= 0.6 is 0 Å². The number of nitrogens with zero attached hydrogens (tertiary/aromatic N) is 1. The SMILES string of the molecule is O=C(O)c1ccc(C(=O)N(C[C@H]2CCCO2)C2CCCC2)o1. The maximum absolute atomic E-state index is 12.7. The molecule has 120 valence electrons. The molecule has 1 saturated heterocycles. The van der Waals surface area contributed by atoms with E-state index in [9.17, 15) is 9.59 Å². The predicted octanol–water partition coefficient (Wildman–Crippen LogP) is 2.54. The molecule has 6 nitrogen and oxygen atoms in total. The average Bonchev–Trinajstić information content (AvgIpc) is 3.24. The highest BCUT2D eigenvalue weighted by Gasteiger charge is 2.32. The molecule has 2 aliphatic rings. The van der Waals surface area contributed by atoms with Crippen LogP contribution in [0.15, 0.2) is 16.5 Å². The van der Waals surface area contributed by atoms with Gasteiger partial charge in [-0.05, 0) is 37.8 Å². The smallest absolute Gasteiger partial charge is 0.371 e. The minimum absolute atomic E-state index is 0.0819. The van der Waals surface area contributed by atoms with E-state index in [-0.39, 0.29) is 29.6 Å². The lowest BCUT2D eigenvalue weighted by molar-refractivity contribution is 0.0394. The Morgan fingerprint density at radius 3 is 2.45 bits per heavy atom. The summed E-state index contributed by atoms with van der Waals surface area (Å²) in [5.41, 5.74) is 0. The van der Waals surface area contributed by atoms with Crippen LogP contribution < -0.4 is 0 Å². The van der Waals surface area contributed by atoms with Gasteiger partial charge in [0.2, 0.25) is 5.76 Å². The zero-order chi connectivity index (χ0) is 15.5. The van der Waals surface area contributed by atoms with E-state index in [0.29, 0.717) is 6.54 Å². The number of rotatable bonds is 5. The number of carboxylic acids is 1. The normalized spacial score (nSPS) is 22.1. The summed E-state index contributed by atoms with van der Waals surface area (Å²) in [5, 5.41) is 8.92. The summed E-state index contributed by atoms with van der Waals surface area (Å²) in [6, 6.07) is 2.98. The van der Waals surface area contributed by atoms with Crippen LogP contribution in [-0.4, -0.2) is 47.2 Å². The highest BCUT2D eigenvalue weighted by Crippen LogP contribution is 2.27. The van der Waals surface area contributed by atoms with Gasteiger partial charge in [0.15, 0.2) is 5.76 Å². The number of carbonyl (C=O) groups excluding carboxylic acids is 1. The van der Waals surface area contributed by atoms with Crippen molar-refractivity contribution in [3.05, 3.63) is 23.7 Å². The molecule has 6 heteroatoms. The molecule has 1 aromatic heterocycles. The van der Waals surface area contributed by atoms with Crippen LogP contribution in [-0.2, 0) is 4.74 Å². The molecule has 1 atom stereocenters. The third-order valence-corrected chi connectivity index (χ3v) is 4.48. The van der Waals surface area contributed by atoms with Crippen molar-refractivity contribution in [3.8, 4) is 0 Å². The number of hydrogen-bond acceptors (Lipinski definition) is 4. The molecule has 2 heterocycles. The van der Waals surface area contributed by atoms with Crippen molar-refractivity contribution >= 4 is 11.9 Å². The summed E-state index contributed by atoms with van der Waals surface area (Å²) in [7, 11) is 0. The lowest BCUT2D eigenvalue weighted by Gasteiger charge is -2.30. The summed E-state index contributed by atoms with van der Waals surface area (Å²) in [4.78, 5) is 25.5. The number of ether oxygens (including phenoxy) is 1. The number of amides is 1. The fourth-order valence-corrected chi connectivity index (χ4v) is 3.33. The van der Waals surface area contributed by atoms with E-state index in [4.69, 9.17) is 14.3 Å². The highest BCUT2D eigenvalue weighted by atomic mass is 16.5. The van der Waals surface area contributed by atoms with E-state index < -0.39 is 5.97 Å². The fourth-order valence-electron chi connectivity index (χ4n) is 3.33. The largest absolute Gasteiger partial charge is 0.475 e. The van der Waals surface area contributed by atoms with Crippen molar-refractivity contribution in [2.45, 2.75) is 50.7 Å². The molecular formula is C16H21NO5. The topological polar surface area (TPSA) is 80.0 Å². The Morgan fingerprint density at radius 1 is 1.14 bits per heavy atom. The van der Waals surface area contributed by atoms with Crippen LogP contribution in [0.25, 0.3) is 0 Å². The van der Waals surface area contributed by atoms with Gasteiger partial charge in [0.05, 0.1) is 6.10 Å². The monoisotopic (exact) mass is 307 g/mol. The molecule has 2 fully saturated rings. The Labute approximate surface area is 129 Å². The van der Waals surface area contributed by atoms with Crippen LogP contribution in [0.2, 0.25) is 0 Å². The fraction of sp³-hybridized carbons (Fsp3) is 0.625. The summed E-state index contributed by atoms with van der Waals surface area (Å²) < 4.78 is 10.8. The summed E-state index contributed by atoms with van der Waals surface area (Å²) in [5.74, 6) is -1.49. The first-order chi connectivity index (χ1) is 10.6. The predicted molar refractivity (Wildman–Crippen MR) is 77.9 cm³/mol. The Balaban J connectivity index is 1.76. The first-order valence-corrected chi connectivity index (χ1v) is 7.91. The first-order valence-electron chi connectivity index (χ1n) is 7.91. The maximum Gasteiger partial charge on any atom is 0.371 e. The van der Waals surface area contributed by atoms with E-state index in [1.54, 1.807) is 0 Å². The number of carboxylic acid groups (broad SMARTS) is 1. The van der Waals surface area contributed by atoms with Gasteiger partial charge in [-0.15, -0.1) is 0 Å². The van der Waals surface area contributed by atoms with E-state index in [1.807, 2.05) is 4.90 Å². The zero-order valence-electron chi connectivity index (χ0n) is 12.5. The summed E-state index contributed by atoms with van der Waals surface area (Å²) in [6.07, 6.45) is 6.31. The van der Waals surface area contributed by atoms with Crippen LogP contribution in [0.4, 0.5) is 0 Å². The van der Waals surface area contributed by atoms with Crippen LogP contribution in [0.1, 0.15) is 59.6 Å². The van der Waals surface area contributed by atoms with Gasteiger partial charge >= 0.3 is 5.97 Å². The molecule has 0 spiro atoms. The molecule has 1 amide bonds. The summed E-state index contributed by atoms with van der Waals surface area (Å²) >= 11 is 0. The summed E-state index contributed by atoms with van der Waals surface area (Å²) in [6.45, 7) is 1.31. The van der Waals surface area contributed by atoms with Crippen LogP contribution in [0.5, 0.6) is 0 Å².